The Hall–Kier alpha value is -1.95. The predicted molar refractivity (Wildman–Crippen MR) is 65.4 cm³/mol. The number of aryl methyl sites for hydroxylation is 1. The second-order valence-electron chi connectivity index (χ2n) is 3.45. The van der Waals surface area contributed by atoms with Crippen molar-refractivity contribution in [1.29, 1.82) is 0 Å². The maximum atomic E-state index is 11.0. The second kappa shape index (κ2) is 4.92. The van der Waals surface area contributed by atoms with E-state index in [0.717, 1.165) is 17.2 Å². The van der Waals surface area contributed by atoms with Crippen LogP contribution in [0.25, 0.3) is 0 Å². The molecule has 0 aromatic carbocycles. The molecule has 0 unspecified atom stereocenters. The van der Waals surface area contributed by atoms with Crippen LogP contribution in [0.5, 0.6) is 0 Å². The van der Waals surface area contributed by atoms with Crippen molar-refractivity contribution in [2.45, 2.75) is 13.5 Å². The first-order valence-electron chi connectivity index (χ1n) is 5.02. The fraction of sp³-hybridized carbons (Fsp3) is 0.182. The van der Waals surface area contributed by atoms with Gasteiger partial charge in [0.15, 0.2) is 0 Å². The molecule has 0 aliphatic heterocycles. The van der Waals surface area contributed by atoms with Gasteiger partial charge in [-0.15, -0.1) is 0 Å². The normalized spacial score (nSPS) is 10.2. The molecule has 5 nitrogen and oxygen atoms in total. The number of nitrogens with zero attached hydrogens (tertiary/aromatic N) is 2. The van der Waals surface area contributed by atoms with Crippen LogP contribution in [-0.2, 0) is 6.54 Å². The zero-order chi connectivity index (χ0) is 12.3. The standard InChI is InChI=1S/C11H11N3O2S/c1-7-9(11(15)16)10(17-14-7)13-6-8-4-2-3-5-12-8/h2-5,13H,6H2,1H3,(H,15,16). The summed E-state index contributed by atoms with van der Waals surface area (Å²) in [6.45, 7) is 2.18. The van der Waals surface area contributed by atoms with E-state index >= 15 is 0 Å². The van der Waals surface area contributed by atoms with E-state index in [9.17, 15) is 4.79 Å². The summed E-state index contributed by atoms with van der Waals surface area (Å²) in [5, 5.41) is 12.7. The Labute approximate surface area is 102 Å². The van der Waals surface area contributed by atoms with Gasteiger partial charge in [-0.3, -0.25) is 4.98 Å². The Morgan fingerprint density at radius 2 is 2.35 bits per heavy atom. The summed E-state index contributed by atoms with van der Waals surface area (Å²) in [4.78, 5) is 15.2. The number of pyridine rings is 1. The van der Waals surface area contributed by atoms with Crippen molar-refractivity contribution in [3.8, 4) is 0 Å². The van der Waals surface area contributed by atoms with Gasteiger partial charge >= 0.3 is 5.97 Å². The van der Waals surface area contributed by atoms with Crippen molar-refractivity contribution in [2.24, 2.45) is 0 Å². The zero-order valence-electron chi connectivity index (χ0n) is 9.17. The first-order chi connectivity index (χ1) is 8.18. The molecule has 6 heteroatoms. The molecule has 0 spiro atoms. The third-order valence-electron chi connectivity index (χ3n) is 2.23. The van der Waals surface area contributed by atoms with E-state index in [2.05, 4.69) is 14.7 Å². The zero-order valence-corrected chi connectivity index (χ0v) is 9.99. The SMILES string of the molecule is Cc1nsc(NCc2ccccn2)c1C(=O)O. The maximum absolute atomic E-state index is 11.0. The van der Waals surface area contributed by atoms with Crippen molar-refractivity contribution >= 4 is 22.5 Å². The molecule has 2 rings (SSSR count). The maximum Gasteiger partial charge on any atom is 0.340 e. The van der Waals surface area contributed by atoms with E-state index in [-0.39, 0.29) is 5.56 Å². The highest BCUT2D eigenvalue weighted by Gasteiger charge is 2.16. The number of rotatable bonds is 4. The van der Waals surface area contributed by atoms with Crippen LogP contribution in [0.1, 0.15) is 21.7 Å². The summed E-state index contributed by atoms with van der Waals surface area (Å²) in [6.07, 6.45) is 1.70. The molecule has 0 fully saturated rings. The van der Waals surface area contributed by atoms with Gasteiger partial charge in [-0.25, -0.2) is 4.79 Å². The van der Waals surface area contributed by atoms with Crippen LogP contribution in [0.2, 0.25) is 0 Å². The van der Waals surface area contributed by atoms with E-state index in [0.29, 0.717) is 17.2 Å². The van der Waals surface area contributed by atoms with Crippen LogP contribution in [0.15, 0.2) is 24.4 Å². The van der Waals surface area contributed by atoms with Crippen LogP contribution in [0.3, 0.4) is 0 Å². The largest absolute Gasteiger partial charge is 0.478 e. The summed E-state index contributed by atoms with van der Waals surface area (Å²) in [5.74, 6) is -0.959. The number of nitrogens with one attached hydrogen (secondary N) is 1. The molecule has 0 saturated heterocycles. The lowest BCUT2D eigenvalue weighted by Gasteiger charge is -2.03. The van der Waals surface area contributed by atoms with Gasteiger partial charge in [-0.05, 0) is 30.6 Å². The number of carboxylic acids is 1. The van der Waals surface area contributed by atoms with Gasteiger partial charge in [0.25, 0.3) is 0 Å². The molecule has 2 N–H and O–H groups in total. The van der Waals surface area contributed by atoms with E-state index in [1.165, 1.54) is 0 Å². The Morgan fingerprint density at radius 1 is 1.53 bits per heavy atom. The molecule has 88 valence electrons. The highest BCUT2D eigenvalue weighted by atomic mass is 32.1. The number of carbonyl (C=O) groups is 1. The van der Waals surface area contributed by atoms with Gasteiger partial charge in [-0.2, -0.15) is 4.37 Å². The van der Waals surface area contributed by atoms with Gasteiger partial charge in [-0.1, -0.05) is 6.07 Å². The van der Waals surface area contributed by atoms with Crippen LogP contribution in [-0.4, -0.2) is 20.4 Å². The smallest absolute Gasteiger partial charge is 0.340 e. The molecule has 0 radical (unpaired) electrons. The van der Waals surface area contributed by atoms with Crippen molar-refractivity contribution in [2.75, 3.05) is 5.32 Å². The molecule has 0 saturated carbocycles. The Balaban J connectivity index is 2.12. The molecule has 0 aliphatic carbocycles. The molecule has 2 heterocycles. The van der Waals surface area contributed by atoms with Gasteiger partial charge in [0.1, 0.15) is 10.6 Å². The molecule has 0 aliphatic rings. The minimum absolute atomic E-state index is 0.242. The first-order valence-corrected chi connectivity index (χ1v) is 5.79. The highest BCUT2D eigenvalue weighted by molar-refractivity contribution is 7.10. The third-order valence-corrected chi connectivity index (χ3v) is 3.13. The van der Waals surface area contributed by atoms with Crippen LogP contribution in [0.4, 0.5) is 5.00 Å². The lowest BCUT2D eigenvalue weighted by atomic mass is 10.2. The number of anilines is 1. The first kappa shape index (κ1) is 11.5. The molecule has 0 atom stereocenters. The number of hydrogen-bond acceptors (Lipinski definition) is 5. The van der Waals surface area contributed by atoms with E-state index in [4.69, 9.17) is 5.11 Å². The van der Waals surface area contributed by atoms with E-state index < -0.39 is 5.97 Å². The number of carboxylic acid groups (broad SMARTS) is 1. The summed E-state index contributed by atoms with van der Waals surface area (Å²) in [5.41, 5.74) is 1.63. The number of hydrogen-bond donors (Lipinski definition) is 2. The highest BCUT2D eigenvalue weighted by Crippen LogP contribution is 2.24. The Kier molecular flexibility index (Phi) is 3.34. The molecule has 2 aromatic heterocycles. The monoisotopic (exact) mass is 249 g/mol. The quantitative estimate of drug-likeness (QED) is 0.868. The molecule has 0 amide bonds. The van der Waals surface area contributed by atoms with Crippen molar-refractivity contribution in [3.05, 3.63) is 41.3 Å². The van der Waals surface area contributed by atoms with Crippen LogP contribution in [0, 0.1) is 6.92 Å². The molecule has 17 heavy (non-hydrogen) atoms. The summed E-state index contributed by atoms with van der Waals surface area (Å²) in [6, 6.07) is 5.60. The van der Waals surface area contributed by atoms with Crippen LogP contribution >= 0.6 is 11.5 Å². The molecular formula is C11H11N3O2S. The Morgan fingerprint density at radius 3 is 3.00 bits per heavy atom. The number of aromatic nitrogens is 2. The van der Waals surface area contributed by atoms with E-state index in [1.54, 1.807) is 13.1 Å². The fourth-order valence-electron chi connectivity index (χ4n) is 1.42. The lowest BCUT2D eigenvalue weighted by molar-refractivity contribution is 0.0697. The average Bonchev–Trinajstić information content (AvgIpc) is 2.69. The number of aromatic carboxylic acids is 1. The lowest BCUT2D eigenvalue weighted by Crippen LogP contribution is -2.05. The third kappa shape index (κ3) is 2.59. The van der Waals surface area contributed by atoms with Crippen LogP contribution < -0.4 is 5.32 Å². The van der Waals surface area contributed by atoms with Gasteiger partial charge < -0.3 is 10.4 Å². The van der Waals surface area contributed by atoms with Crippen molar-refractivity contribution < 1.29 is 9.90 Å². The summed E-state index contributed by atoms with van der Waals surface area (Å²) in [7, 11) is 0. The molecule has 2 aromatic rings. The van der Waals surface area contributed by atoms with Gasteiger partial charge in [0.05, 0.1) is 17.9 Å². The van der Waals surface area contributed by atoms with Gasteiger partial charge in [0.2, 0.25) is 0 Å². The Bertz CT molecular complexity index is 525. The van der Waals surface area contributed by atoms with Crippen molar-refractivity contribution in [3.63, 3.8) is 0 Å². The average molecular weight is 249 g/mol. The van der Waals surface area contributed by atoms with E-state index in [1.807, 2.05) is 18.2 Å². The summed E-state index contributed by atoms with van der Waals surface area (Å²) >= 11 is 1.15. The second-order valence-corrected chi connectivity index (χ2v) is 4.23. The van der Waals surface area contributed by atoms with Gasteiger partial charge in [0, 0.05) is 6.20 Å². The van der Waals surface area contributed by atoms with Crippen molar-refractivity contribution in [1.82, 2.24) is 9.36 Å². The molecular weight excluding hydrogens is 238 g/mol. The minimum atomic E-state index is -0.959. The summed E-state index contributed by atoms with van der Waals surface area (Å²) < 4.78 is 4.03. The fourth-order valence-corrected chi connectivity index (χ4v) is 2.20. The minimum Gasteiger partial charge on any atom is -0.478 e. The molecule has 0 bridgehead atoms. The topological polar surface area (TPSA) is 75.1 Å². The predicted octanol–water partition coefficient (Wildman–Crippen LogP) is 2.16.